The highest BCUT2D eigenvalue weighted by Crippen LogP contribution is 2.14. The zero-order valence-corrected chi connectivity index (χ0v) is 12.2. The zero-order chi connectivity index (χ0) is 16.7. The Morgan fingerprint density at radius 2 is 1.78 bits per heavy atom. The lowest BCUT2D eigenvalue weighted by molar-refractivity contribution is -0.136. The largest absolute Gasteiger partial charge is 0.496 e. The van der Waals surface area contributed by atoms with Gasteiger partial charge in [0.05, 0.1) is 13.3 Å². The SMILES string of the molecule is COc1ccccc1/C=N\NC(=O)C(=O)Nc1ccc(F)cc1. The lowest BCUT2D eigenvalue weighted by atomic mass is 10.2. The Bertz CT molecular complexity index is 730. The van der Waals surface area contributed by atoms with E-state index < -0.39 is 17.6 Å². The summed E-state index contributed by atoms with van der Waals surface area (Å²) in [6.07, 6.45) is 1.36. The van der Waals surface area contributed by atoms with Gasteiger partial charge in [0, 0.05) is 11.3 Å². The first-order chi connectivity index (χ1) is 11.1. The molecule has 6 nitrogen and oxygen atoms in total. The number of anilines is 1. The Kier molecular flexibility index (Phi) is 5.40. The number of nitrogens with zero attached hydrogens (tertiary/aromatic N) is 1. The van der Waals surface area contributed by atoms with Crippen LogP contribution in [0.15, 0.2) is 53.6 Å². The number of carbonyl (C=O) groups excluding carboxylic acids is 2. The zero-order valence-electron chi connectivity index (χ0n) is 12.2. The smallest absolute Gasteiger partial charge is 0.329 e. The first-order valence-corrected chi connectivity index (χ1v) is 6.63. The first-order valence-electron chi connectivity index (χ1n) is 6.63. The van der Waals surface area contributed by atoms with Crippen molar-refractivity contribution in [3.8, 4) is 5.75 Å². The molecule has 0 bridgehead atoms. The lowest BCUT2D eigenvalue weighted by Gasteiger charge is -2.04. The minimum atomic E-state index is -0.944. The number of hydrogen-bond donors (Lipinski definition) is 2. The summed E-state index contributed by atoms with van der Waals surface area (Å²) in [6.45, 7) is 0. The molecule has 0 aliphatic heterocycles. The Labute approximate surface area is 132 Å². The first kappa shape index (κ1) is 16.2. The topological polar surface area (TPSA) is 79.8 Å². The van der Waals surface area contributed by atoms with Crippen molar-refractivity contribution >= 4 is 23.7 Å². The van der Waals surface area contributed by atoms with Crippen molar-refractivity contribution in [3.05, 3.63) is 59.9 Å². The number of halogens is 1. The quantitative estimate of drug-likeness (QED) is 0.514. The summed E-state index contributed by atoms with van der Waals surface area (Å²) in [5, 5.41) is 6.03. The molecule has 0 saturated heterocycles. The molecule has 0 atom stereocenters. The van der Waals surface area contributed by atoms with Gasteiger partial charge >= 0.3 is 11.8 Å². The van der Waals surface area contributed by atoms with Crippen molar-refractivity contribution in [2.45, 2.75) is 0 Å². The molecule has 0 heterocycles. The fourth-order valence-corrected chi connectivity index (χ4v) is 1.71. The minimum Gasteiger partial charge on any atom is -0.496 e. The summed E-state index contributed by atoms with van der Waals surface area (Å²) >= 11 is 0. The van der Waals surface area contributed by atoms with Crippen LogP contribution in [0, 0.1) is 5.82 Å². The van der Waals surface area contributed by atoms with E-state index in [9.17, 15) is 14.0 Å². The van der Waals surface area contributed by atoms with Crippen molar-refractivity contribution < 1.29 is 18.7 Å². The molecule has 2 N–H and O–H groups in total. The van der Waals surface area contributed by atoms with Gasteiger partial charge in [0.15, 0.2) is 0 Å². The summed E-state index contributed by atoms with van der Waals surface area (Å²) in [5.41, 5.74) is 3.06. The fraction of sp³-hybridized carbons (Fsp3) is 0.0625. The summed E-state index contributed by atoms with van der Waals surface area (Å²) in [5.74, 6) is -1.70. The number of hydrogen-bond acceptors (Lipinski definition) is 4. The van der Waals surface area contributed by atoms with E-state index in [2.05, 4.69) is 15.8 Å². The Balaban J connectivity index is 1.92. The van der Waals surface area contributed by atoms with E-state index >= 15 is 0 Å². The van der Waals surface area contributed by atoms with E-state index in [-0.39, 0.29) is 0 Å². The van der Waals surface area contributed by atoms with Crippen LogP contribution < -0.4 is 15.5 Å². The van der Waals surface area contributed by atoms with Crippen molar-refractivity contribution in [3.63, 3.8) is 0 Å². The van der Waals surface area contributed by atoms with Crippen LogP contribution in [-0.2, 0) is 9.59 Å². The number of amides is 2. The van der Waals surface area contributed by atoms with Crippen molar-refractivity contribution in [1.29, 1.82) is 0 Å². The number of nitrogens with one attached hydrogen (secondary N) is 2. The number of rotatable bonds is 4. The number of hydrazone groups is 1. The molecule has 0 saturated carbocycles. The van der Waals surface area contributed by atoms with Gasteiger partial charge in [-0.3, -0.25) is 9.59 Å². The summed E-state index contributed by atoms with van der Waals surface area (Å²) in [6, 6.07) is 12.1. The second-order valence-electron chi connectivity index (χ2n) is 4.40. The maximum atomic E-state index is 12.8. The molecule has 2 rings (SSSR count). The van der Waals surface area contributed by atoms with Crippen LogP contribution in [0.2, 0.25) is 0 Å². The van der Waals surface area contributed by atoms with Crippen molar-refractivity contribution in [2.24, 2.45) is 5.10 Å². The van der Waals surface area contributed by atoms with Gasteiger partial charge in [0.2, 0.25) is 0 Å². The molecule has 118 valence electrons. The van der Waals surface area contributed by atoms with E-state index in [1.165, 1.54) is 37.6 Å². The molecule has 23 heavy (non-hydrogen) atoms. The van der Waals surface area contributed by atoms with Crippen molar-refractivity contribution in [1.82, 2.24) is 5.43 Å². The van der Waals surface area contributed by atoms with E-state index in [0.717, 1.165) is 0 Å². The average molecular weight is 315 g/mol. The van der Waals surface area contributed by atoms with Gasteiger partial charge in [-0.1, -0.05) is 12.1 Å². The monoisotopic (exact) mass is 315 g/mol. The Hall–Kier alpha value is -3.22. The van der Waals surface area contributed by atoms with Crippen LogP contribution in [0.5, 0.6) is 5.75 Å². The van der Waals surface area contributed by atoms with Gasteiger partial charge in [-0.05, 0) is 36.4 Å². The molecule has 2 amide bonds. The molecular weight excluding hydrogens is 301 g/mol. The molecule has 0 spiro atoms. The van der Waals surface area contributed by atoms with E-state index in [4.69, 9.17) is 4.74 Å². The fourth-order valence-electron chi connectivity index (χ4n) is 1.71. The Morgan fingerprint density at radius 1 is 1.09 bits per heavy atom. The number of para-hydroxylation sites is 1. The van der Waals surface area contributed by atoms with Crippen molar-refractivity contribution in [2.75, 3.05) is 12.4 Å². The second-order valence-corrected chi connectivity index (χ2v) is 4.40. The second kappa shape index (κ2) is 7.69. The third kappa shape index (κ3) is 4.63. The maximum absolute atomic E-state index is 12.8. The Morgan fingerprint density at radius 3 is 2.48 bits per heavy atom. The molecule has 0 aromatic heterocycles. The molecule has 0 radical (unpaired) electrons. The van der Waals surface area contributed by atoms with Crippen LogP contribution in [0.25, 0.3) is 0 Å². The van der Waals surface area contributed by atoms with Crippen LogP contribution in [0.1, 0.15) is 5.56 Å². The molecule has 2 aromatic carbocycles. The van der Waals surface area contributed by atoms with E-state index in [1.807, 2.05) is 0 Å². The van der Waals surface area contributed by atoms with Gasteiger partial charge in [0.25, 0.3) is 0 Å². The average Bonchev–Trinajstić information content (AvgIpc) is 2.57. The highest BCUT2D eigenvalue weighted by molar-refractivity contribution is 6.39. The molecule has 0 fully saturated rings. The molecule has 0 aliphatic rings. The number of ether oxygens (including phenoxy) is 1. The molecule has 7 heteroatoms. The molecule has 2 aromatic rings. The van der Waals surface area contributed by atoms with Crippen LogP contribution in [-0.4, -0.2) is 25.1 Å². The predicted octanol–water partition coefficient (Wildman–Crippen LogP) is 1.92. The van der Waals surface area contributed by atoms with Gasteiger partial charge in [-0.2, -0.15) is 5.10 Å². The van der Waals surface area contributed by atoms with Gasteiger partial charge < -0.3 is 10.1 Å². The number of methoxy groups -OCH3 is 1. The van der Waals surface area contributed by atoms with Crippen LogP contribution >= 0.6 is 0 Å². The standard InChI is InChI=1S/C16H14FN3O3/c1-23-14-5-3-2-4-11(14)10-18-20-16(22)15(21)19-13-8-6-12(17)7-9-13/h2-10H,1H3,(H,19,21)(H,20,22)/b18-10-. The van der Waals surface area contributed by atoms with E-state index in [0.29, 0.717) is 17.0 Å². The highest BCUT2D eigenvalue weighted by Gasteiger charge is 2.12. The number of carbonyl (C=O) groups is 2. The molecular formula is C16H14FN3O3. The van der Waals surface area contributed by atoms with Crippen LogP contribution in [0.3, 0.4) is 0 Å². The minimum absolute atomic E-state index is 0.306. The summed E-state index contributed by atoms with van der Waals surface area (Å²) < 4.78 is 17.9. The third-order valence-corrected chi connectivity index (χ3v) is 2.82. The lowest BCUT2D eigenvalue weighted by Crippen LogP contribution is -2.32. The van der Waals surface area contributed by atoms with Crippen LogP contribution in [0.4, 0.5) is 10.1 Å². The molecule has 0 unspecified atom stereocenters. The van der Waals surface area contributed by atoms with E-state index in [1.54, 1.807) is 24.3 Å². The third-order valence-electron chi connectivity index (χ3n) is 2.82. The summed E-state index contributed by atoms with van der Waals surface area (Å²) in [7, 11) is 1.52. The maximum Gasteiger partial charge on any atom is 0.329 e. The summed E-state index contributed by atoms with van der Waals surface area (Å²) in [4.78, 5) is 23.3. The highest BCUT2D eigenvalue weighted by atomic mass is 19.1. The van der Waals surface area contributed by atoms with Gasteiger partial charge in [0.1, 0.15) is 11.6 Å². The number of benzene rings is 2. The molecule has 0 aliphatic carbocycles. The van der Waals surface area contributed by atoms with Gasteiger partial charge in [-0.25, -0.2) is 9.82 Å². The van der Waals surface area contributed by atoms with Gasteiger partial charge in [-0.15, -0.1) is 0 Å². The normalized spacial score (nSPS) is 10.3. The predicted molar refractivity (Wildman–Crippen MR) is 83.8 cm³/mol.